The molecule has 0 saturated heterocycles. The molecule has 7 heteroatoms. The van der Waals surface area contributed by atoms with Crippen LogP contribution in [0.25, 0.3) is 0 Å². The minimum atomic E-state index is -1.16. The molecule has 0 radical (unpaired) electrons. The van der Waals surface area contributed by atoms with Gasteiger partial charge < -0.3 is 21.7 Å². The van der Waals surface area contributed by atoms with Gasteiger partial charge in [-0.15, -0.1) is 0 Å². The van der Waals surface area contributed by atoms with Gasteiger partial charge in [0.2, 0.25) is 0 Å². The van der Waals surface area contributed by atoms with E-state index in [1.54, 1.807) is 0 Å². The van der Waals surface area contributed by atoms with E-state index < -0.39 is 24.0 Å². The first-order valence-electron chi connectivity index (χ1n) is 4.83. The summed E-state index contributed by atoms with van der Waals surface area (Å²) < 4.78 is 0. The number of carbonyl (C=O) groups is 3. The zero-order valence-electron chi connectivity index (χ0n) is 8.76. The van der Waals surface area contributed by atoms with Crippen molar-refractivity contribution in [1.82, 2.24) is 0 Å². The average molecular weight is 232 g/mol. The van der Waals surface area contributed by atoms with Crippen LogP contribution in [0.2, 0.25) is 0 Å². The molecular formula is C9H16N2O5. The largest absolute Gasteiger partial charge is 0.480 e. The van der Waals surface area contributed by atoms with Crippen LogP contribution in [0.5, 0.6) is 0 Å². The van der Waals surface area contributed by atoms with E-state index in [4.69, 9.17) is 21.7 Å². The summed E-state index contributed by atoms with van der Waals surface area (Å²) in [5, 5.41) is 16.9. The van der Waals surface area contributed by atoms with Crippen LogP contribution in [-0.2, 0) is 14.4 Å². The molecule has 0 aromatic rings. The second-order valence-electron chi connectivity index (χ2n) is 3.51. The van der Waals surface area contributed by atoms with Gasteiger partial charge in [-0.2, -0.15) is 0 Å². The van der Waals surface area contributed by atoms with E-state index in [0.717, 1.165) is 0 Å². The molecule has 16 heavy (non-hydrogen) atoms. The second kappa shape index (κ2) is 6.91. The van der Waals surface area contributed by atoms with Crippen LogP contribution in [-0.4, -0.2) is 40.0 Å². The highest BCUT2D eigenvalue weighted by molar-refractivity contribution is 5.81. The Morgan fingerprint density at radius 1 is 0.875 bits per heavy atom. The Kier molecular flexibility index (Phi) is 6.28. The number of rotatable bonds is 8. The minimum absolute atomic E-state index is 0.0276. The molecule has 0 fully saturated rings. The van der Waals surface area contributed by atoms with Gasteiger partial charge in [0.1, 0.15) is 17.9 Å². The summed E-state index contributed by atoms with van der Waals surface area (Å²) in [6.07, 6.45) is 0.159. The number of nitrogens with two attached hydrogens (primary N) is 2. The van der Waals surface area contributed by atoms with E-state index in [1.807, 2.05) is 0 Å². The monoisotopic (exact) mass is 232 g/mol. The molecule has 7 nitrogen and oxygen atoms in total. The fourth-order valence-corrected chi connectivity index (χ4v) is 1.00. The molecule has 0 amide bonds. The molecular weight excluding hydrogens is 216 g/mol. The Morgan fingerprint density at radius 2 is 1.19 bits per heavy atom. The third-order valence-electron chi connectivity index (χ3n) is 2.10. The molecule has 0 bridgehead atoms. The van der Waals surface area contributed by atoms with Crippen LogP contribution in [0.4, 0.5) is 0 Å². The van der Waals surface area contributed by atoms with Crippen molar-refractivity contribution in [1.29, 1.82) is 0 Å². The number of hydrogen-bond donors (Lipinski definition) is 4. The summed E-state index contributed by atoms with van der Waals surface area (Å²) in [6, 6.07) is -2.12. The summed E-state index contributed by atoms with van der Waals surface area (Å²) in [6.45, 7) is 0. The molecule has 92 valence electrons. The number of hydrogen-bond acceptors (Lipinski definition) is 5. The Bertz CT molecular complexity index is 253. The van der Waals surface area contributed by atoms with E-state index in [2.05, 4.69) is 0 Å². The van der Waals surface area contributed by atoms with Crippen LogP contribution >= 0.6 is 0 Å². The maximum absolute atomic E-state index is 11.2. The van der Waals surface area contributed by atoms with Crippen LogP contribution in [0.1, 0.15) is 25.7 Å². The Balaban J connectivity index is 3.75. The lowest BCUT2D eigenvalue weighted by molar-refractivity contribution is -0.139. The van der Waals surface area contributed by atoms with Gasteiger partial charge in [0, 0.05) is 12.8 Å². The van der Waals surface area contributed by atoms with Crippen molar-refractivity contribution < 1.29 is 24.6 Å². The molecule has 0 spiro atoms. The molecule has 0 aliphatic rings. The average Bonchev–Trinajstić information content (AvgIpc) is 2.21. The highest BCUT2D eigenvalue weighted by atomic mass is 16.4. The van der Waals surface area contributed by atoms with Gasteiger partial charge in [-0.05, 0) is 12.8 Å². The molecule has 0 aromatic carbocycles. The zero-order valence-corrected chi connectivity index (χ0v) is 8.76. The van der Waals surface area contributed by atoms with Gasteiger partial charge in [-0.25, -0.2) is 0 Å². The smallest absolute Gasteiger partial charge is 0.320 e. The van der Waals surface area contributed by atoms with Crippen LogP contribution in [0.3, 0.4) is 0 Å². The lowest BCUT2D eigenvalue weighted by Gasteiger charge is -2.07. The van der Waals surface area contributed by atoms with Crippen molar-refractivity contribution in [3.63, 3.8) is 0 Å². The van der Waals surface area contributed by atoms with Gasteiger partial charge in [-0.3, -0.25) is 14.4 Å². The van der Waals surface area contributed by atoms with E-state index in [1.165, 1.54) is 0 Å². The van der Waals surface area contributed by atoms with Gasteiger partial charge >= 0.3 is 11.9 Å². The van der Waals surface area contributed by atoms with Crippen molar-refractivity contribution in [2.75, 3.05) is 0 Å². The predicted octanol–water partition coefficient (Wildman–Crippen LogP) is -1.06. The molecule has 0 saturated carbocycles. The van der Waals surface area contributed by atoms with Gasteiger partial charge in [0.15, 0.2) is 0 Å². The van der Waals surface area contributed by atoms with E-state index in [0.29, 0.717) is 0 Å². The van der Waals surface area contributed by atoms with Crippen molar-refractivity contribution in [3.8, 4) is 0 Å². The number of carboxylic acid groups (broad SMARTS) is 2. The van der Waals surface area contributed by atoms with E-state index in [-0.39, 0.29) is 31.5 Å². The lowest BCUT2D eigenvalue weighted by Crippen LogP contribution is -2.32. The van der Waals surface area contributed by atoms with Gasteiger partial charge in [0.25, 0.3) is 0 Å². The van der Waals surface area contributed by atoms with E-state index in [9.17, 15) is 14.4 Å². The molecule has 0 rings (SSSR count). The fraction of sp³-hybridized carbons (Fsp3) is 0.667. The van der Waals surface area contributed by atoms with Crippen molar-refractivity contribution >= 4 is 17.7 Å². The number of Topliss-reactive ketones (excluding diaryl/α,β-unsaturated/α-hetero) is 1. The summed E-state index contributed by atoms with van der Waals surface area (Å²) >= 11 is 0. The van der Waals surface area contributed by atoms with Crippen LogP contribution in [0, 0.1) is 0 Å². The fourth-order valence-electron chi connectivity index (χ4n) is 1.00. The highest BCUT2D eigenvalue weighted by Gasteiger charge is 2.16. The van der Waals surface area contributed by atoms with Gasteiger partial charge in [0.05, 0.1) is 0 Å². The molecule has 6 N–H and O–H groups in total. The highest BCUT2D eigenvalue weighted by Crippen LogP contribution is 2.03. The minimum Gasteiger partial charge on any atom is -0.480 e. The topological polar surface area (TPSA) is 144 Å². The first-order chi connectivity index (χ1) is 7.34. The van der Waals surface area contributed by atoms with Crippen molar-refractivity contribution in [2.24, 2.45) is 11.5 Å². The molecule has 0 aromatic heterocycles. The standard InChI is InChI=1S/C9H16N2O5/c10-6(8(13)14)3-1-5(12)2-4-7(11)9(15)16/h6-7H,1-4,10-11H2,(H,13,14)(H,15,16)/t6-,7?/m1/s1. The van der Waals surface area contributed by atoms with Gasteiger partial charge in [-0.1, -0.05) is 0 Å². The predicted molar refractivity (Wildman–Crippen MR) is 54.7 cm³/mol. The van der Waals surface area contributed by atoms with Crippen molar-refractivity contribution in [3.05, 3.63) is 0 Å². The third-order valence-corrected chi connectivity index (χ3v) is 2.10. The van der Waals surface area contributed by atoms with Crippen LogP contribution in [0.15, 0.2) is 0 Å². The summed E-state index contributed by atoms with van der Waals surface area (Å²) in [5.41, 5.74) is 10.4. The van der Waals surface area contributed by atoms with Crippen LogP contribution < -0.4 is 11.5 Å². The molecule has 0 heterocycles. The van der Waals surface area contributed by atoms with Crippen molar-refractivity contribution in [2.45, 2.75) is 37.8 Å². The SMILES string of the molecule is NC(CCC(=O)CC[C@@H](N)C(=O)O)C(=O)O. The maximum Gasteiger partial charge on any atom is 0.320 e. The number of aliphatic carboxylic acids is 2. The normalized spacial score (nSPS) is 14.1. The number of carboxylic acids is 2. The quantitative estimate of drug-likeness (QED) is 0.417. The Hall–Kier alpha value is -1.47. The number of ketones is 1. The summed E-state index contributed by atoms with van der Waals surface area (Å²) in [4.78, 5) is 31.9. The Labute approximate surface area is 92.4 Å². The first-order valence-corrected chi connectivity index (χ1v) is 4.83. The zero-order chi connectivity index (χ0) is 12.7. The Morgan fingerprint density at radius 3 is 1.44 bits per heavy atom. The summed E-state index contributed by atoms with van der Waals surface area (Å²) in [5.74, 6) is -2.54. The lowest BCUT2D eigenvalue weighted by atomic mass is 10.0. The molecule has 2 atom stereocenters. The third kappa shape index (κ3) is 6.10. The summed E-state index contributed by atoms with van der Waals surface area (Å²) in [7, 11) is 0. The molecule has 1 unspecified atom stereocenters. The maximum atomic E-state index is 11.2. The molecule has 0 aliphatic carbocycles. The number of carbonyl (C=O) groups excluding carboxylic acids is 1. The first kappa shape index (κ1) is 14.5. The second-order valence-corrected chi connectivity index (χ2v) is 3.51. The van der Waals surface area contributed by atoms with E-state index >= 15 is 0 Å². The molecule has 0 aliphatic heterocycles.